The van der Waals surface area contributed by atoms with Gasteiger partial charge in [0.05, 0.1) is 5.60 Å². The second-order valence-electron chi connectivity index (χ2n) is 3.68. The highest BCUT2D eigenvalue weighted by atomic mass is 28.2. The van der Waals surface area contributed by atoms with E-state index in [2.05, 4.69) is 20.4 Å². The summed E-state index contributed by atoms with van der Waals surface area (Å²) in [7, 11) is 0.818. The van der Waals surface area contributed by atoms with Crippen LogP contribution in [0, 0.1) is 0 Å². The number of unbranched alkanes of at least 4 members (excludes halogenated alkanes) is 2. The Labute approximate surface area is 86.1 Å². The van der Waals surface area contributed by atoms with Crippen molar-refractivity contribution in [1.82, 2.24) is 0 Å². The van der Waals surface area contributed by atoms with Gasteiger partial charge in [-0.25, -0.2) is 0 Å². The highest BCUT2D eigenvalue weighted by Gasteiger charge is 2.23. The van der Waals surface area contributed by atoms with Crippen LogP contribution in [0.15, 0.2) is 12.7 Å². The zero-order valence-electron chi connectivity index (χ0n) is 9.44. The first-order valence-corrected chi connectivity index (χ1v) is 6.25. The minimum absolute atomic E-state index is 0.0121. The van der Waals surface area contributed by atoms with Gasteiger partial charge in [0.1, 0.15) is 10.5 Å². The molecule has 0 heterocycles. The van der Waals surface area contributed by atoms with Crippen molar-refractivity contribution in [2.75, 3.05) is 0 Å². The molecule has 0 aromatic heterocycles. The molecule has 0 amide bonds. The van der Waals surface area contributed by atoms with Crippen molar-refractivity contribution in [2.45, 2.75) is 58.0 Å². The van der Waals surface area contributed by atoms with Crippen LogP contribution in [-0.4, -0.2) is 16.1 Å². The van der Waals surface area contributed by atoms with Gasteiger partial charge >= 0.3 is 0 Å². The summed E-state index contributed by atoms with van der Waals surface area (Å²) in [4.78, 5) is 0. The lowest BCUT2D eigenvalue weighted by atomic mass is 9.91. The molecule has 0 saturated carbocycles. The molecule has 0 atom stereocenters. The second-order valence-corrected chi connectivity index (χ2v) is 4.09. The lowest BCUT2D eigenvalue weighted by Crippen LogP contribution is -2.29. The van der Waals surface area contributed by atoms with Crippen molar-refractivity contribution in [3.05, 3.63) is 12.7 Å². The Hall–Kier alpha value is -0.0831. The molecule has 0 spiro atoms. The number of rotatable bonds is 8. The molecule has 0 rings (SSSR count). The average molecular weight is 200 g/mol. The first-order valence-electron chi connectivity index (χ1n) is 5.43. The minimum Gasteiger partial charge on any atom is -0.419 e. The molecule has 1 nitrogen and oxygen atoms in total. The third kappa shape index (κ3) is 4.63. The van der Waals surface area contributed by atoms with E-state index in [4.69, 9.17) is 4.43 Å². The molecule has 0 aromatic rings. The Bertz CT molecular complexity index is 126. The van der Waals surface area contributed by atoms with Crippen molar-refractivity contribution in [1.29, 1.82) is 0 Å². The van der Waals surface area contributed by atoms with Crippen molar-refractivity contribution in [3.8, 4) is 0 Å². The minimum atomic E-state index is 0.0121. The fraction of sp³-hybridized carbons (Fsp3) is 0.818. The van der Waals surface area contributed by atoms with Crippen molar-refractivity contribution in [2.24, 2.45) is 0 Å². The molecule has 0 bridgehead atoms. The van der Waals surface area contributed by atoms with E-state index in [9.17, 15) is 0 Å². The maximum Gasteiger partial charge on any atom is 0.147 e. The first-order chi connectivity index (χ1) is 6.24. The van der Waals surface area contributed by atoms with Gasteiger partial charge in [-0.05, 0) is 12.8 Å². The zero-order valence-corrected chi connectivity index (χ0v) is 11.4. The molecule has 0 aliphatic rings. The molecule has 0 saturated heterocycles. The fourth-order valence-electron chi connectivity index (χ4n) is 1.57. The molecule has 0 radical (unpaired) electrons. The Kier molecular flexibility index (Phi) is 7.29. The summed E-state index contributed by atoms with van der Waals surface area (Å²) in [5.41, 5.74) is 0.0121. The smallest absolute Gasteiger partial charge is 0.147 e. The quantitative estimate of drug-likeness (QED) is 0.432. The van der Waals surface area contributed by atoms with E-state index in [1.54, 1.807) is 0 Å². The molecule has 0 aromatic carbocycles. The predicted octanol–water partition coefficient (Wildman–Crippen LogP) is 2.59. The van der Waals surface area contributed by atoms with Gasteiger partial charge in [-0.2, -0.15) is 0 Å². The monoisotopic (exact) mass is 200 g/mol. The van der Waals surface area contributed by atoms with Gasteiger partial charge < -0.3 is 4.43 Å². The van der Waals surface area contributed by atoms with Crippen LogP contribution >= 0.6 is 0 Å². The molecule has 2 heteroatoms. The summed E-state index contributed by atoms with van der Waals surface area (Å²) in [6.07, 6.45) is 9.30. The van der Waals surface area contributed by atoms with Crippen LogP contribution in [0.4, 0.5) is 0 Å². The normalized spacial score (nSPS) is 11.8. The first kappa shape index (κ1) is 12.9. The highest BCUT2D eigenvalue weighted by molar-refractivity contribution is 5.98. The Morgan fingerprint density at radius 3 is 1.92 bits per heavy atom. The van der Waals surface area contributed by atoms with Gasteiger partial charge in [0.15, 0.2) is 0 Å². The summed E-state index contributed by atoms with van der Waals surface area (Å²) in [5.74, 6) is 0. The zero-order chi connectivity index (χ0) is 10.2. The molecule has 0 N–H and O–H groups in total. The molecule has 13 heavy (non-hydrogen) atoms. The van der Waals surface area contributed by atoms with E-state index in [1.165, 1.54) is 25.7 Å². The van der Waals surface area contributed by atoms with Crippen molar-refractivity contribution < 1.29 is 4.43 Å². The molecular formula is C11H24OSi. The lowest BCUT2D eigenvalue weighted by Gasteiger charge is -2.29. The van der Waals surface area contributed by atoms with E-state index < -0.39 is 0 Å². The van der Waals surface area contributed by atoms with Gasteiger partial charge in [0.25, 0.3) is 0 Å². The maximum absolute atomic E-state index is 5.71. The van der Waals surface area contributed by atoms with Gasteiger partial charge in [0, 0.05) is 0 Å². The summed E-state index contributed by atoms with van der Waals surface area (Å²) in [6, 6.07) is 0. The van der Waals surface area contributed by atoms with Crippen LogP contribution < -0.4 is 0 Å². The van der Waals surface area contributed by atoms with Crippen LogP contribution in [0.5, 0.6) is 0 Å². The van der Waals surface area contributed by atoms with Crippen LogP contribution in [0.1, 0.15) is 52.4 Å². The van der Waals surface area contributed by atoms with Gasteiger partial charge in [0.2, 0.25) is 0 Å². The molecule has 0 fully saturated rings. The lowest BCUT2D eigenvalue weighted by molar-refractivity contribution is 0.107. The van der Waals surface area contributed by atoms with Gasteiger partial charge in [-0.15, -0.1) is 6.58 Å². The highest BCUT2D eigenvalue weighted by Crippen LogP contribution is 2.25. The average Bonchev–Trinajstić information content (AvgIpc) is 2.20. The molecule has 78 valence electrons. The largest absolute Gasteiger partial charge is 0.419 e. The molecular weight excluding hydrogens is 176 g/mol. The van der Waals surface area contributed by atoms with Crippen molar-refractivity contribution >= 4 is 10.5 Å². The van der Waals surface area contributed by atoms with E-state index in [0.717, 1.165) is 23.3 Å². The van der Waals surface area contributed by atoms with Gasteiger partial charge in [-0.3, -0.25) is 0 Å². The van der Waals surface area contributed by atoms with Gasteiger partial charge in [-0.1, -0.05) is 45.6 Å². The Morgan fingerprint density at radius 2 is 1.69 bits per heavy atom. The van der Waals surface area contributed by atoms with Crippen LogP contribution in [-0.2, 0) is 4.43 Å². The SMILES string of the molecule is C=CC(CCCC)(CCCC)O[SiH3]. The summed E-state index contributed by atoms with van der Waals surface area (Å²) < 4.78 is 5.71. The molecule has 0 aliphatic heterocycles. The Balaban J connectivity index is 4.04. The topological polar surface area (TPSA) is 9.23 Å². The summed E-state index contributed by atoms with van der Waals surface area (Å²) in [6.45, 7) is 8.35. The standard InChI is InChI=1S/C11H24OSi/c1-4-7-9-11(6-3,12-13)10-8-5-2/h6H,3-5,7-10H2,1-2,13H3. The van der Waals surface area contributed by atoms with E-state index >= 15 is 0 Å². The predicted molar refractivity (Wildman–Crippen MR) is 63.0 cm³/mol. The van der Waals surface area contributed by atoms with Crippen LogP contribution in [0.3, 0.4) is 0 Å². The molecule has 0 aliphatic carbocycles. The van der Waals surface area contributed by atoms with Crippen LogP contribution in [0.2, 0.25) is 0 Å². The molecule has 0 unspecified atom stereocenters. The third-order valence-corrected chi connectivity index (χ3v) is 3.50. The number of hydrogen-bond acceptors (Lipinski definition) is 1. The van der Waals surface area contributed by atoms with Crippen molar-refractivity contribution in [3.63, 3.8) is 0 Å². The van der Waals surface area contributed by atoms with E-state index in [-0.39, 0.29) is 5.60 Å². The second kappa shape index (κ2) is 7.33. The van der Waals surface area contributed by atoms with Crippen LogP contribution in [0.25, 0.3) is 0 Å². The summed E-state index contributed by atoms with van der Waals surface area (Å²) >= 11 is 0. The number of hydrogen-bond donors (Lipinski definition) is 0. The maximum atomic E-state index is 5.71. The fourth-order valence-corrected chi connectivity index (χ4v) is 2.14. The van der Waals surface area contributed by atoms with E-state index in [0.29, 0.717) is 0 Å². The van der Waals surface area contributed by atoms with E-state index in [1.807, 2.05) is 6.08 Å². The third-order valence-electron chi connectivity index (χ3n) is 2.69. The Morgan fingerprint density at radius 1 is 1.23 bits per heavy atom. The summed E-state index contributed by atoms with van der Waals surface area (Å²) in [5, 5.41) is 0.